The zero-order valence-corrected chi connectivity index (χ0v) is 22.6. The predicted octanol–water partition coefficient (Wildman–Crippen LogP) is 6.58. The number of fused-ring (bicyclic) bond motifs is 1. The van der Waals surface area contributed by atoms with E-state index in [0.29, 0.717) is 35.3 Å². The van der Waals surface area contributed by atoms with Gasteiger partial charge < -0.3 is 24.7 Å². The van der Waals surface area contributed by atoms with E-state index in [1.165, 1.54) is 5.56 Å². The normalized spacial score (nSPS) is 14.3. The van der Waals surface area contributed by atoms with Gasteiger partial charge in [-0.25, -0.2) is 4.79 Å². The zero-order chi connectivity index (χ0) is 27.8. The Morgan fingerprint density at radius 2 is 1.74 bits per heavy atom. The Balaban J connectivity index is 1.51. The smallest absolute Gasteiger partial charge is 0.349 e. The number of allylic oxidation sites excluding steroid dienone is 1. The third-order valence-electron chi connectivity index (χ3n) is 6.56. The molecule has 0 saturated heterocycles. The van der Waals surface area contributed by atoms with Crippen molar-refractivity contribution in [2.75, 3.05) is 13.2 Å². The molecule has 0 radical (unpaired) electrons. The van der Waals surface area contributed by atoms with E-state index in [2.05, 4.69) is 26.8 Å². The summed E-state index contributed by atoms with van der Waals surface area (Å²) >= 11 is 0. The molecule has 0 amide bonds. The minimum atomic E-state index is -0.553. The first-order valence-corrected chi connectivity index (χ1v) is 13.3. The number of ether oxygens (including phenoxy) is 4. The Morgan fingerprint density at radius 3 is 2.46 bits per heavy atom. The summed E-state index contributed by atoms with van der Waals surface area (Å²) in [5.74, 6) is 1.36. The molecular weight excluding hydrogens is 492 g/mol. The van der Waals surface area contributed by atoms with Gasteiger partial charge in [0, 0.05) is 17.2 Å². The molecule has 0 aromatic heterocycles. The topological polar surface area (TPSA) is 104 Å². The van der Waals surface area contributed by atoms with Gasteiger partial charge in [0.2, 0.25) is 5.88 Å². The second-order valence-corrected chi connectivity index (χ2v) is 9.70. The minimum Gasteiger partial charge on any atom is -0.493 e. The van der Waals surface area contributed by atoms with Crippen LogP contribution in [0.4, 0.5) is 0 Å². The summed E-state index contributed by atoms with van der Waals surface area (Å²) in [6.45, 7) is 6.71. The molecule has 4 rings (SSSR count). The van der Waals surface area contributed by atoms with E-state index in [1.54, 1.807) is 18.2 Å². The number of benzene rings is 3. The molecule has 0 fully saturated rings. The lowest BCUT2D eigenvalue weighted by Crippen LogP contribution is -2.22. The maximum absolute atomic E-state index is 12.5. The summed E-state index contributed by atoms with van der Waals surface area (Å²) in [4.78, 5) is 12.5. The largest absolute Gasteiger partial charge is 0.493 e. The second kappa shape index (κ2) is 12.9. The molecule has 3 aromatic rings. The predicted molar refractivity (Wildman–Crippen MR) is 149 cm³/mol. The molecule has 0 bridgehead atoms. The summed E-state index contributed by atoms with van der Waals surface area (Å²) in [6, 6.07) is 22.5. The van der Waals surface area contributed by atoms with Crippen molar-refractivity contribution in [1.82, 2.24) is 0 Å². The van der Waals surface area contributed by atoms with Crippen LogP contribution in [0.2, 0.25) is 0 Å². The molecule has 0 spiro atoms. The quantitative estimate of drug-likeness (QED) is 0.171. The van der Waals surface area contributed by atoms with Crippen LogP contribution in [-0.2, 0) is 4.79 Å². The summed E-state index contributed by atoms with van der Waals surface area (Å²) in [7, 11) is 0. The van der Waals surface area contributed by atoms with E-state index in [1.807, 2.05) is 48.5 Å². The number of carbonyl (C=O) groups excluding carboxylic acids is 1. The van der Waals surface area contributed by atoms with E-state index in [-0.39, 0.29) is 18.2 Å². The van der Waals surface area contributed by atoms with Gasteiger partial charge in [-0.15, -0.1) is 0 Å². The van der Waals surface area contributed by atoms with Gasteiger partial charge in [0.15, 0.2) is 6.61 Å². The summed E-state index contributed by atoms with van der Waals surface area (Å²) < 4.78 is 23.0. The highest BCUT2D eigenvalue weighted by atomic mass is 16.6. The maximum atomic E-state index is 12.5. The van der Waals surface area contributed by atoms with Gasteiger partial charge in [-0.2, -0.15) is 5.26 Å². The molecule has 1 aliphatic rings. The lowest BCUT2D eigenvalue weighted by atomic mass is 9.83. The molecule has 7 heteroatoms. The summed E-state index contributed by atoms with van der Waals surface area (Å²) in [5.41, 5.74) is 9.22. The van der Waals surface area contributed by atoms with Crippen molar-refractivity contribution in [3.05, 3.63) is 94.9 Å². The fourth-order valence-corrected chi connectivity index (χ4v) is 4.46. The summed E-state index contributed by atoms with van der Waals surface area (Å²) in [6.07, 6.45) is 3.12. The number of unbranched alkanes of at least 4 members (excludes halogenated alkanes) is 2. The van der Waals surface area contributed by atoms with Crippen molar-refractivity contribution in [1.29, 1.82) is 5.26 Å². The highest BCUT2D eigenvalue weighted by molar-refractivity contribution is 5.74. The number of hydrogen-bond acceptors (Lipinski definition) is 7. The van der Waals surface area contributed by atoms with E-state index < -0.39 is 11.9 Å². The number of nitrogens with zero attached hydrogens (tertiary/aromatic N) is 1. The molecule has 7 nitrogen and oxygen atoms in total. The number of nitriles is 1. The molecule has 1 aliphatic heterocycles. The van der Waals surface area contributed by atoms with Crippen molar-refractivity contribution in [2.24, 2.45) is 5.73 Å². The van der Waals surface area contributed by atoms with Crippen molar-refractivity contribution in [3.63, 3.8) is 0 Å². The van der Waals surface area contributed by atoms with Crippen molar-refractivity contribution in [3.8, 4) is 29.1 Å². The van der Waals surface area contributed by atoms with Crippen LogP contribution in [0.15, 0.2) is 78.2 Å². The molecule has 3 aromatic carbocycles. The number of rotatable bonds is 11. The molecule has 0 saturated carbocycles. The Hall–Kier alpha value is -4.44. The standard InChI is InChI=1S/C32H34N2O5/c1-4-5-8-17-36-28-10-7-6-9-25(28)31-26-16-15-24(18-29(26)39-32(34)27(31)19-33)38-30(35)20-37-23-13-11-22(12-14-23)21(2)3/h6-7,9-16,18,21,31H,4-5,8,17,20,34H2,1-3H3. The highest BCUT2D eigenvalue weighted by Crippen LogP contribution is 2.45. The zero-order valence-electron chi connectivity index (χ0n) is 22.6. The van der Waals surface area contributed by atoms with Gasteiger partial charge in [0.25, 0.3) is 0 Å². The Kier molecular flexibility index (Phi) is 9.11. The molecule has 1 atom stereocenters. The Labute approximate surface area is 229 Å². The minimum absolute atomic E-state index is 0.00689. The molecular formula is C32H34N2O5. The first kappa shape index (κ1) is 27.6. The van der Waals surface area contributed by atoms with Crippen molar-refractivity contribution < 1.29 is 23.7 Å². The number of para-hydroxylation sites is 1. The Morgan fingerprint density at radius 1 is 1.00 bits per heavy atom. The molecule has 202 valence electrons. The van der Waals surface area contributed by atoms with Crippen LogP contribution in [0.3, 0.4) is 0 Å². The first-order valence-electron chi connectivity index (χ1n) is 13.3. The fourth-order valence-electron chi connectivity index (χ4n) is 4.46. The average Bonchev–Trinajstić information content (AvgIpc) is 2.94. The van der Waals surface area contributed by atoms with Crippen LogP contribution in [0.25, 0.3) is 0 Å². The van der Waals surface area contributed by atoms with Gasteiger partial charge >= 0.3 is 5.97 Å². The SMILES string of the molecule is CCCCCOc1ccccc1C1C(C#N)=C(N)Oc2cc(OC(=O)COc3ccc(C(C)C)cc3)ccc21. The van der Waals surface area contributed by atoms with E-state index in [0.717, 1.165) is 30.4 Å². The highest BCUT2D eigenvalue weighted by Gasteiger charge is 2.33. The number of carbonyl (C=O) groups is 1. The number of esters is 1. The summed E-state index contributed by atoms with van der Waals surface area (Å²) in [5, 5.41) is 9.93. The van der Waals surface area contributed by atoms with E-state index in [4.69, 9.17) is 24.7 Å². The third kappa shape index (κ3) is 6.71. The van der Waals surface area contributed by atoms with Crippen LogP contribution in [0.5, 0.6) is 23.0 Å². The molecule has 1 unspecified atom stereocenters. The van der Waals surface area contributed by atoms with Gasteiger partial charge in [-0.05, 0) is 42.2 Å². The lowest BCUT2D eigenvalue weighted by Gasteiger charge is -2.28. The van der Waals surface area contributed by atoms with E-state index in [9.17, 15) is 10.1 Å². The second-order valence-electron chi connectivity index (χ2n) is 9.70. The van der Waals surface area contributed by atoms with Crippen molar-refractivity contribution in [2.45, 2.75) is 51.9 Å². The first-order chi connectivity index (χ1) is 18.9. The van der Waals surface area contributed by atoms with Crippen molar-refractivity contribution >= 4 is 5.97 Å². The molecule has 1 heterocycles. The van der Waals surface area contributed by atoms with Gasteiger partial charge in [0.05, 0.1) is 12.5 Å². The lowest BCUT2D eigenvalue weighted by molar-refractivity contribution is -0.136. The van der Waals surface area contributed by atoms with Crippen LogP contribution in [0, 0.1) is 11.3 Å². The van der Waals surface area contributed by atoms with Crippen LogP contribution >= 0.6 is 0 Å². The van der Waals surface area contributed by atoms with Crippen LogP contribution in [-0.4, -0.2) is 19.2 Å². The van der Waals surface area contributed by atoms with Crippen LogP contribution in [0.1, 0.15) is 68.6 Å². The average molecular weight is 527 g/mol. The Bertz CT molecular complexity index is 1370. The molecule has 39 heavy (non-hydrogen) atoms. The van der Waals surface area contributed by atoms with Crippen LogP contribution < -0.4 is 24.7 Å². The fraction of sp³-hybridized carbons (Fsp3) is 0.312. The van der Waals surface area contributed by atoms with Gasteiger partial charge in [-0.3, -0.25) is 0 Å². The molecule has 2 N–H and O–H groups in total. The van der Waals surface area contributed by atoms with E-state index >= 15 is 0 Å². The van der Waals surface area contributed by atoms with Gasteiger partial charge in [-0.1, -0.05) is 70.0 Å². The van der Waals surface area contributed by atoms with Gasteiger partial charge in [0.1, 0.15) is 34.6 Å². The number of hydrogen-bond donors (Lipinski definition) is 1. The molecule has 0 aliphatic carbocycles. The third-order valence-corrected chi connectivity index (χ3v) is 6.56. The maximum Gasteiger partial charge on any atom is 0.349 e. The number of nitrogens with two attached hydrogens (primary N) is 1. The monoisotopic (exact) mass is 526 g/mol.